The third kappa shape index (κ3) is 3.24. The van der Waals surface area contributed by atoms with Crippen molar-refractivity contribution in [1.29, 1.82) is 0 Å². The molecule has 19 heavy (non-hydrogen) atoms. The van der Waals surface area contributed by atoms with Gasteiger partial charge in [-0.15, -0.1) is 0 Å². The van der Waals surface area contributed by atoms with Crippen LogP contribution in [0.4, 0.5) is 4.39 Å². The van der Waals surface area contributed by atoms with Gasteiger partial charge in [0.25, 0.3) is 0 Å². The van der Waals surface area contributed by atoms with E-state index in [-0.39, 0.29) is 11.9 Å². The number of hydrogen-bond donors (Lipinski definition) is 1. The van der Waals surface area contributed by atoms with Crippen LogP contribution in [0.1, 0.15) is 24.1 Å². The summed E-state index contributed by atoms with van der Waals surface area (Å²) in [6.07, 6.45) is 3.19. The third-order valence-corrected chi connectivity index (χ3v) is 3.35. The maximum absolute atomic E-state index is 14.1. The molecule has 2 rings (SSSR count). The van der Waals surface area contributed by atoms with E-state index >= 15 is 0 Å². The van der Waals surface area contributed by atoms with Gasteiger partial charge in [-0.3, -0.25) is 4.98 Å². The van der Waals surface area contributed by atoms with Crippen LogP contribution in [0, 0.1) is 5.82 Å². The van der Waals surface area contributed by atoms with Crippen LogP contribution < -0.4 is 5.32 Å². The zero-order chi connectivity index (χ0) is 13.8. The number of benzene rings is 1. The van der Waals surface area contributed by atoms with Gasteiger partial charge < -0.3 is 5.32 Å². The van der Waals surface area contributed by atoms with Gasteiger partial charge in [-0.1, -0.05) is 36.2 Å². The minimum atomic E-state index is -0.355. The summed E-state index contributed by atoms with van der Waals surface area (Å²) < 4.78 is 14.1. The lowest BCUT2D eigenvalue weighted by Gasteiger charge is -2.20. The van der Waals surface area contributed by atoms with Crippen LogP contribution in [0.25, 0.3) is 0 Å². The molecular weight excluding hydrogens is 286 g/mol. The molecule has 0 fully saturated rings. The molecule has 5 heteroatoms. The van der Waals surface area contributed by atoms with E-state index in [0.29, 0.717) is 22.2 Å². The van der Waals surface area contributed by atoms with E-state index in [2.05, 4.69) is 10.3 Å². The van der Waals surface area contributed by atoms with Crippen molar-refractivity contribution in [3.63, 3.8) is 0 Å². The molecule has 0 radical (unpaired) electrons. The molecule has 100 valence electrons. The van der Waals surface area contributed by atoms with Crippen LogP contribution in [-0.4, -0.2) is 11.5 Å². The highest BCUT2D eigenvalue weighted by Gasteiger charge is 2.19. The van der Waals surface area contributed by atoms with Gasteiger partial charge >= 0.3 is 0 Å². The topological polar surface area (TPSA) is 24.9 Å². The lowest BCUT2D eigenvalue weighted by molar-refractivity contribution is 0.559. The molecule has 0 aliphatic rings. The van der Waals surface area contributed by atoms with Gasteiger partial charge in [0.15, 0.2) is 0 Å². The number of nitrogens with zero attached hydrogens (tertiary/aromatic N) is 1. The second kappa shape index (κ2) is 6.33. The quantitative estimate of drug-likeness (QED) is 0.914. The summed E-state index contributed by atoms with van der Waals surface area (Å²) >= 11 is 11.9. The molecule has 1 aromatic heterocycles. The van der Waals surface area contributed by atoms with Crippen LogP contribution in [-0.2, 0) is 0 Å². The molecule has 0 spiro atoms. The van der Waals surface area contributed by atoms with Gasteiger partial charge in [0.1, 0.15) is 5.82 Å². The zero-order valence-corrected chi connectivity index (χ0v) is 11.8. The van der Waals surface area contributed by atoms with E-state index < -0.39 is 0 Å². The van der Waals surface area contributed by atoms with E-state index in [1.165, 1.54) is 6.07 Å². The summed E-state index contributed by atoms with van der Waals surface area (Å²) in [5, 5.41) is 4.10. The average molecular weight is 299 g/mol. The monoisotopic (exact) mass is 298 g/mol. The molecule has 1 atom stereocenters. The fourth-order valence-electron chi connectivity index (χ4n) is 1.95. The zero-order valence-electron chi connectivity index (χ0n) is 10.3. The van der Waals surface area contributed by atoms with Gasteiger partial charge in [-0.05, 0) is 30.3 Å². The van der Waals surface area contributed by atoms with Crippen LogP contribution in [0.3, 0.4) is 0 Å². The van der Waals surface area contributed by atoms with E-state index in [4.69, 9.17) is 23.2 Å². The normalized spacial score (nSPS) is 12.4. The van der Waals surface area contributed by atoms with E-state index in [1.807, 2.05) is 6.92 Å². The first kappa shape index (κ1) is 14.3. The average Bonchev–Trinajstić information content (AvgIpc) is 2.38. The Labute approximate surface area is 121 Å². The summed E-state index contributed by atoms with van der Waals surface area (Å²) in [6.45, 7) is 2.64. The number of hydrogen-bond acceptors (Lipinski definition) is 2. The first-order valence-corrected chi connectivity index (χ1v) is 6.66. The second-order valence-electron chi connectivity index (χ2n) is 4.05. The Hall–Kier alpha value is -1.16. The predicted octanol–water partition coefficient (Wildman–Crippen LogP) is 4.23. The van der Waals surface area contributed by atoms with Crippen molar-refractivity contribution in [2.45, 2.75) is 13.0 Å². The molecular formula is C14H13Cl2FN2. The summed E-state index contributed by atoms with van der Waals surface area (Å²) in [6, 6.07) is 6.10. The summed E-state index contributed by atoms with van der Waals surface area (Å²) in [5.41, 5.74) is 1.30. The molecule has 0 aliphatic heterocycles. The summed E-state index contributed by atoms with van der Waals surface area (Å²) in [7, 11) is 0. The van der Waals surface area contributed by atoms with Crippen molar-refractivity contribution in [2.24, 2.45) is 0 Å². The minimum Gasteiger partial charge on any atom is -0.306 e. The Morgan fingerprint density at radius 2 is 2.05 bits per heavy atom. The molecule has 1 N–H and O–H groups in total. The number of pyridine rings is 1. The van der Waals surface area contributed by atoms with Crippen molar-refractivity contribution >= 4 is 23.2 Å². The highest BCUT2D eigenvalue weighted by atomic mass is 35.5. The lowest BCUT2D eigenvalue weighted by Crippen LogP contribution is -2.23. The standard InChI is InChI=1S/C14H13Cl2FN2/c1-2-19-14(10-5-6-18-8-12(10)16)11-4-3-9(15)7-13(11)17/h3-8,14,19H,2H2,1H3. The minimum absolute atomic E-state index is 0.322. The van der Waals surface area contributed by atoms with Gasteiger partial charge in [-0.2, -0.15) is 0 Å². The molecule has 2 nitrogen and oxygen atoms in total. The Kier molecular flexibility index (Phi) is 4.75. The predicted molar refractivity (Wildman–Crippen MR) is 76.2 cm³/mol. The maximum Gasteiger partial charge on any atom is 0.129 e. The Balaban J connectivity index is 2.48. The van der Waals surface area contributed by atoms with E-state index in [9.17, 15) is 4.39 Å². The molecule has 0 aliphatic carbocycles. The molecule has 1 heterocycles. The maximum atomic E-state index is 14.1. The molecule has 1 aromatic carbocycles. The van der Waals surface area contributed by atoms with Gasteiger partial charge in [-0.25, -0.2) is 4.39 Å². The third-order valence-electron chi connectivity index (χ3n) is 2.80. The Bertz CT molecular complexity index is 575. The van der Waals surface area contributed by atoms with Gasteiger partial charge in [0.05, 0.1) is 11.1 Å². The molecule has 0 saturated heterocycles. The first-order chi connectivity index (χ1) is 9.13. The van der Waals surface area contributed by atoms with Crippen LogP contribution in [0.2, 0.25) is 10.0 Å². The largest absolute Gasteiger partial charge is 0.306 e. The van der Waals surface area contributed by atoms with E-state index in [0.717, 1.165) is 5.56 Å². The second-order valence-corrected chi connectivity index (χ2v) is 4.90. The molecule has 0 bridgehead atoms. The summed E-state index contributed by atoms with van der Waals surface area (Å²) in [5.74, 6) is -0.355. The number of aromatic nitrogens is 1. The lowest BCUT2D eigenvalue weighted by atomic mass is 9.99. The molecule has 0 saturated carbocycles. The van der Waals surface area contributed by atoms with Crippen LogP contribution >= 0.6 is 23.2 Å². The van der Waals surface area contributed by atoms with Crippen molar-refractivity contribution in [2.75, 3.05) is 6.54 Å². The van der Waals surface area contributed by atoms with Crippen LogP contribution in [0.15, 0.2) is 36.7 Å². The Morgan fingerprint density at radius 3 is 2.68 bits per heavy atom. The highest BCUT2D eigenvalue weighted by Crippen LogP contribution is 2.30. The Morgan fingerprint density at radius 1 is 1.26 bits per heavy atom. The highest BCUT2D eigenvalue weighted by molar-refractivity contribution is 6.31. The van der Waals surface area contributed by atoms with Crippen LogP contribution in [0.5, 0.6) is 0 Å². The fourth-order valence-corrected chi connectivity index (χ4v) is 2.33. The SMILES string of the molecule is CCNC(c1ccc(Cl)cc1F)c1ccncc1Cl. The fraction of sp³-hybridized carbons (Fsp3) is 0.214. The van der Waals surface area contributed by atoms with Crippen molar-refractivity contribution in [3.8, 4) is 0 Å². The van der Waals surface area contributed by atoms with Gasteiger partial charge in [0, 0.05) is 23.0 Å². The number of nitrogens with one attached hydrogen (secondary N) is 1. The number of rotatable bonds is 4. The smallest absolute Gasteiger partial charge is 0.129 e. The molecule has 2 aromatic rings. The molecule has 0 amide bonds. The van der Waals surface area contributed by atoms with Crippen molar-refractivity contribution < 1.29 is 4.39 Å². The first-order valence-electron chi connectivity index (χ1n) is 5.91. The molecule has 1 unspecified atom stereocenters. The number of halogens is 3. The summed E-state index contributed by atoms with van der Waals surface area (Å²) in [4.78, 5) is 3.94. The van der Waals surface area contributed by atoms with Crippen molar-refractivity contribution in [1.82, 2.24) is 10.3 Å². The van der Waals surface area contributed by atoms with E-state index in [1.54, 1.807) is 30.6 Å². The van der Waals surface area contributed by atoms with Gasteiger partial charge in [0.2, 0.25) is 0 Å². The van der Waals surface area contributed by atoms with Crippen molar-refractivity contribution in [3.05, 3.63) is 63.6 Å².